The summed E-state index contributed by atoms with van der Waals surface area (Å²) in [7, 11) is 0. The van der Waals surface area contributed by atoms with E-state index in [1.807, 2.05) is 63.2 Å². The number of nitrogens with one attached hydrogen (secondary N) is 2. The molecular formula is C31H44ClN3O4. The minimum atomic E-state index is -0.933. The number of amides is 3. The van der Waals surface area contributed by atoms with Crippen molar-refractivity contribution in [2.24, 2.45) is 5.92 Å². The monoisotopic (exact) mass is 557 g/mol. The number of hydrogen-bond acceptors (Lipinski definition) is 4. The Morgan fingerprint density at radius 1 is 0.974 bits per heavy atom. The lowest BCUT2D eigenvalue weighted by Gasteiger charge is -2.35. The average molecular weight is 558 g/mol. The van der Waals surface area contributed by atoms with Crippen LogP contribution in [0.3, 0.4) is 0 Å². The van der Waals surface area contributed by atoms with Crippen LogP contribution in [0.1, 0.15) is 84.4 Å². The fourth-order valence-corrected chi connectivity index (χ4v) is 4.56. The van der Waals surface area contributed by atoms with Crippen LogP contribution in [0.15, 0.2) is 48.5 Å². The van der Waals surface area contributed by atoms with Crippen molar-refractivity contribution in [3.8, 4) is 0 Å². The molecule has 0 aromatic heterocycles. The van der Waals surface area contributed by atoms with Gasteiger partial charge in [-0.1, -0.05) is 94.1 Å². The predicted molar refractivity (Wildman–Crippen MR) is 158 cm³/mol. The van der Waals surface area contributed by atoms with Crippen LogP contribution >= 0.6 is 11.6 Å². The molecule has 8 heteroatoms. The zero-order chi connectivity index (χ0) is 29.2. The van der Waals surface area contributed by atoms with Gasteiger partial charge >= 0.3 is 6.09 Å². The molecule has 0 aliphatic heterocycles. The maximum Gasteiger partial charge on any atom is 0.408 e. The molecule has 3 amide bonds. The molecular weight excluding hydrogens is 514 g/mol. The summed E-state index contributed by atoms with van der Waals surface area (Å²) in [5, 5.41) is 6.16. The number of benzene rings is 2. The molecule has 0 aliphatic carbocycles. The van der Waals surface area contributed by atoms with Crippen molar-refractivity contribution in [3.05, 3.63) is 64.7 Å². The van der Waals surface area contributed by atoms with Gasteiger partial charge in [-0.05, 0) is 57.2 Å². The second-order valence-electron chi connectivity index (χ2n) is 11.2. The summed E-state index contributed by atoms with van der Waals surface area (Å²) in [6.07, 6.45) is 3.02. The van der Waals surface area contributed by atoms with E-state index in [1.54, 1.807) is 31.7 Å². The van der Waals surface area contributed by atoms with Crippen molar-refractivity contribution < 1.29 is 19.1 Å². The smallest absolute Gasteiger partial charge is 0.408 e. The first-order valence-electron chi connectivity index (χ1n) is 13.8. The van der Waals surface area contributed by atoms with E-state index in [4.69, 9.17) is 16.3 Å². The number of carbonyl (C=O) groups excluding carboxylic acids is 3. The summed E-state index contributed by atoms with van der Waals surface area (Å²) >= 11 is 6.43. The molecule has 214 valence electrons. The zero-order valence-electron chi connectivity index (χ0n) is 24.3. The Kier molecular flexibility index (Phi) is 12.3. The molecule has 2 aromatic rings. The van der Waals surface area contributed by atoms with Gasteiger partial charge in [0.2, 0.25) is 5.91 Å². The summed E-state index contributed by atoms with van der Waals surface area (Å²) in [5.74, 6) is -0.957. The Morgan fingerprint density at radius 2 is 1.64 bits per heavy atom. The molecule has 2 N–H and O–H groups in total. The second kappa shape index (κ2) is 14.9. The number of ether oxygens (including phenoxy) is 1. The molecule has 7 nitrogen and oxygen atoms in total. The van der Waals surface area contributed by atoms with Crippen molar-refractivity contribution in [3.63, 3.8) is 0 Å². The highest BCUT2D eigenvalue weighted by molar-refractivity contribution is 6.34. The summed E-state index contributed by atoms with van der Waals surface area (Å²) < 4.78 is 5.44. The van der Waals surface area contributed by atoms with Crippen LogP contribution in [-0.4, -0.2) is 41.0 Å². The third kappa shape index (κ3) is 9.88. The van der Waals surface area contributed by atoms with E-state index < -0.39 is 23.8 Å². The van der Waals surface area contributed by atoms with Gasteiger partial charge in [-0.2, -0.15) is 0 Å². The van der Waals surface area contributed by atoms with Crippen LogP contribution in [0.25, 0.3) is 0 Å². The first-order valence-corrected chi connectivity index (χ1v) is 14.1. The lowest BCUT2D eigenvalue weighted by molar-refractivity contribution is -0.141. The summed E-state index contributed by atoms with van der Waals surface area (Å²) in [6.45, 7) is 13.4. The van der Waals surface area contributed by atoms with Crippen molar-refractivity contribution in [2.45, 2.75) is 91.8 Å². The quantitative estimate of drug-likeness (QED) is 0.268. The van der Waals surface area contributed by atoms with Crippen LogP contribution < -0.4 is 10.6 Å². The number of anilines is 1. The van der Waals surface area contributed by atoms with E-state index in [0.717, 1.165) is 31.2 Å². The Balaban J connectivity index is 2.52. The predicted octanol–water partition coefficient (Wildman–Crippen LogP) is 7.29. The van der Waals surface area contributed by atoms with E-state index in [9.17, 15) is 14.4 Å². The topological polar surface area (TPSA) is 87.7 Å². The van der Waals surface area contributed by atoms with Crippen LogP contribution in [0.5, 0.6) is 0 Å². The third-order valence-electron chi connectivity index (χ3n) is 6.29. The number of rotatable bonds is 12. The fraction of sp³-hybridized carbons (Fsp3) is 0.516. The van der Waals surface area contributed by atoms with Gasteiger partial charge in [0, 0.05) is 6.54 Å². The number of para-hydroxylation sites is 1. The number of halogens is 1. The molecule has 0 fully saturated rings. The minimum absolute atomic E-state index is 0.242. The van der Waals surface area contributed by atoms with Crippen molar-refractivity contribution in [1.82, 2.24) is 10.2 Å². The van der Waals surface area contributed by atoms with E-state index in [0.29, 0.717) is 22.8 Å². The first kappa shape index (κ1) is 32.2. The van der Waals surface area contributed by atoms with Gasteiger partial charge in [0.25, 0.3) is 5.91 Å². The summed E-state index contributed by atoms with van der Waals surface area (Å²) in [6, 6.07) is 12.8. The third-order valence-corrected chi connectivity index (χ3v) is 6.60. The van der Waals surface area contributed by atoms with Gasteiger partial charge in [0.1, 0.15) is 17.7 Å². The van der Waals surface area contributed by atoms with Crippen molar-refractivity contribution in [2.75, 3.05) is 11.9 Å². The van der Waals surface area contributed by atoms with Crippen LogP contribution in [0, 0.1) is 12.8 Å². The number of unbranched alkanes of at least 4 members (excludes halogenated alkanes) is 3. The number of nitrogens with zero attached hydrogens (tertiary/aromatic N) is 1. The molecule has 2 atom stereocenters. The van der Waals surface area contributed by atoms with Gasteiger partial charge in [0.05, 0.1) is 10.7 Å². The first-order chi connectivity index (χ1) is 18.4. The van der Waals surface area contributed by atoms with E-state index in [1.165, 1.54) is 0 Å². The number of alkyl carbamates (subject to hydrolysis) is 1. The molecule has 0 heterocycles. The van der Waals surface area contributed by atoms with Crippen LogP contribution in [-0.2, 0) is 14.3 Å². The molecule has 2 unspecified atom stereocenters. The Bertz CT molecular complexity index is 1080. The normalized spacial score (nSPS) is 12.9. The Labute approximate surface area is 238 Å². The molecule has 39 heavy (non-hydrogen) atoms. The summed E-state index contributed by atoms with van der Waals surface area (Å²) in [4.78, 5) is 42.5. The SMILES string of the molecule is CCCCCCN(C(=O)C(NC(=O)OC(C)(C)C)C(C)C)C(C(=O)Nc1c(C)cccc1Cl)c1ccccc1. The highest BCUT2D eigenvalue weighted by Gasteiger charge is 2.37. The van der Waals surface area contributed by atoms with E-state index in [2.05, 4.69) is 17.6 Å². The van der Waals surface area contributed by atoms with Crippen LogP contribution in [0.4, 0.5) is 10.5 Å². The van der Waals surface area contributed by atoms with Gasteiger partial charge in [-0.15, -0.1) is 0 Å². The standard InChI is InChI=1S/C31H44ClN3O4/c1-8-9-10-14-20-35(29(37)25(21(2)3)34-30(38)39-31(5,6)7)27(23-17-12-11-13-18-23)28(36)33-26-22(4)16-15-19-24(26)32/h11-13,15-19,21,25,27H,8-10,14,20H2,1-7H3,(H,33,36)(H,34,38). The highest BCUT2D eigenvalue weighted by atomic mass is 35.5. The van der Waals surface area contributed by atoms with E-state index in [-0.39, 0.29) is 17.7 Å². The molecule has 0 radical (unpaired) electrons. The number of aryl methyl sites for hydroxylation is 1. The van der Waals surface area contributed by atoms with Gasteiger partial charge in [-0.3, -0.25) is 9.59 Å². The minimum Gasteiger partial charge on any atom is -0.444 e. The molecule has 0 aliphatic rings. The number of hydrogen-bond donors (Lipinski definition) is 2. The molecule has 2 rings (SSSR count). The molecule has 0 spiro atoms. The highest BCUT2D eigenvalue weighted by Crippen LogP contribution is 2.30. The lowest BCUT2D eigenvalue weighted by atomic mass is 9.98. The summed E-state index contributed by atoms with van der Waals surface area (Å²) in [5.41, 5.74) is 1.28. The fourth-order valence-electron chi connectivity index (χ4n) is 4.29. The zero-order valence-corrected chi connectivity index (χ0v) is 25.1. The molecule has 0 saturated carbocycles. The molecule has 2 aromatic carbocycles. The van der Waals surface area contributed by atoms with Gasteiger partial charge < -0.3 is 20.3 Å². The maximum absolute atomic E-state index is 14.2. The Morgan fingerprint density at radius 3 is 2.21 bits per heavy atom. The largest absolute Gasteiger partial charge is 0.444 e. The van der Waals surface area contributed by atoms with Crippen molar-refractivity contribution >= 4 is 35.2 Å². The molecule has 0 saturated heterocycles. The second-order valence-corrected chi connectivity index (χ2v) is 11.6. The van der Waals surface area contributed by atoms with Gasteiger partial charge in [-0.25, -0.2) is 4.79 Å². The number of carbonyl (C=O) groups is 3. The van der Waals surface area contributed by atoms with Gasteiger partial charge in [0.15, 0.2) is 0 Å². The van der Waals surface area contributed by atoms with Crippen LogP contribution in [0.2, 0.25) is 5.02 Å². The Hall–Kier alpha value is -3.06. The van der Waals surface area contributed by atoms with E-state index >= 15 is 0 Å². The maximum atomic E-state index is 14.2. The lowest BCUT2D eigenvalue weighted by Crippen LogP contribution is -2.54. The average Bonchev–Trinajstić information content (AvgIpc) is 2.85. The molecule has 0 bridgehead atoms. The van der Waals surface area contributed by atoms with Crippen molar-refractivity contribution in [1.29, 1.82) is 0 Å².